The molecule has 6 rings (SSSR count). The number of amides is 4. The maximum Gasteiger partial charge on any atom is 0.328 e. The Morgan fingerprint density at radius 2 is 1.76 bits per heavy atom. The molecule has 2 aliphatic rings. The summed E-state index contributed by atoms with van der Waals surface area (Å²) in [6.45, 7) is 0.474. The van der Waals surface area contributed by atoms with E-state index >= 15 is 0 Å². The van der Waals surface area contributed by atoms with E-state index < -0.39 is 23.4 Å². The zero-order valence-corrected chi connectivity index (χ0v) is 19.4. The van der Waals surface area contributed by atoms with Crippen LogP contribution in [0.4, 0.5) is 10.5 Å². The zero-order chi connectivity index (χ0) is 25.4. The van der Waals surface area contributed by atoms with Gasteiger partial charge in [0.15, 0.2) is 5.54 Å². The molecule has 1 aromatic carbocycles. The molecule has 4 aromatic rings. The third-order valence-corrected chi connectivity index (χ3v) is 6.40. The molecule has 1 spiro atoms. The van der Waals surface area contributed by atoms with Gasteiger partial charge in [0.05, 0.1) is 11.9 Å². The normalized spacial score (nSPS) is 16.5. The van der Waals surface area contributed by atoms with Gasteiger partial charge in [0.2, 0.25) is 11.8 Å². The monoisotopic (exact) mass is 496 g/mol. The molecule has 5 heterocycles. The van der Waals surface area contributed by atoms with Crippen molar-refractivity contribution in [2.45, 2.75) is 18.4 Å². The van der Waals surface area contributed by atoms with E-state index in [0.29, 0.717) is 48.3 Å². The van der Waals surface area contributed by atoms with Crippen molar-refractivity contribution in [3.8, 4) is 34.3 Å². The minimum absolute atomic E-state index is 0.302. The van der Waals surface area contributed by atoms with Crippen molar-refractivity contribution in [2.24, 2.45) is 0 Å². The molecule has 2 saturated heterocycles. The lowest BCUT2D eigenvalue weighted by Gasteiger charge is -2.38. The Morgan fingerprint density at radius 1 is 0.946 bits per heavy atom. The SMILES string of the molecule is O=C1NC(=O)C2(CCCN2c2ccc(Oc3ccc(-c4nc(-c5cccnc5)co4)cc3)nc2)C(=O)N1. The summed E-state index contributed by atoms with van der Waals surface area (Å²) in [5, 5.41) is 4.40. The number of carbonyl (C=O) groups is 3. The smallest absolute Gasteiger partial charge is 0.328 e. The number of rotatable bonds is 5. The van der Waals surface area contributed by atoms with Crippen LogP contribution in [0.2, 0.25) is 0 Å². The number of urea groups is 1. The van der Waals surface area contributed by atoms with E-state index in [1.807, 2.05) is 24.3 Å². The molecule has 2 fully saturated rings. The highest BCUT2D eigenvalue weighted by Gasteiger charge is 2.57. The van der Waals surface area contributed by atoms with E-state index in [2.05, 4.69) is 25.6 Å². The van der Waals surface area contributed by atoms with Crippen molar-refractivity contribution in [2.75, 3.05) is 11.4 Å². The van der Waals surface area contributed by atoms with Crippen molar-refractivity contribution >= 4 is 23.5 Å². The van der Waals surface area contributed by atoms with Crippen LogP contribution in [0, 0.1) is 0 Å². The highest BCUT2D eigenvalue weighted by molar-refractivity contribution is 6.24. The minimum atomic E-state index is -1.47. The van der Waals surface area contributed by atoms with Gasteiger partial charge in [-0.15, -0.1) is 0 Å². The first-order chi connectivity index (χ1) is 18.0. The molecule has 0 radical (unpaired) electrons. The van der Waals surface area contributed by atoms with Crippen LogP contribution >= 0.6 is 0 Å². The van der Waals surface area contributed by atoms with Crippen molar-refractivity contribution < 1.29 is 23.5 Å². The molecule has 2 aliphatic heterocycles. The van der Waals surface area contributed by atoms with E-state index in [1.165, 1.54) is 0 Å². The average Bonchev–Trinajstić information content (AvgIpc) is 3.58. The summed E-state index contributed by atoms with van der Waals surface area (Å²) in [5.41, 5.74) is 1.46. The van der Waals surface area contributed by atoms with Gasteiger partial charge in [-0.05, 0) is 55.3 Å². The summed E-state index contributed by atoms with van der Waals surface area (Å²) in [4.78, 5) is 51.4. The van der Waals surface area contributed by atoms with Crippen molar-refractivity contribution in [3.63, 3.8) is 0 Å². The number of benzene rings is 1. The highest BCUT2D eigenvalue weighted by atomic mass is 16.5. The molecule has 184 valence electrons. The first-order valence-electron chi connectivity index (χ1n) is 11.6. The van der Waals surface area contributed by atoms with Crippen molar-refractivity contribution in [1.29, 1.82) is 0 Å². The standard InChI is InChI=1S/C26H20N6O5/c33-23-26(24(34)31-25(35)30-23)10-2-12-32(26)18-6-9-21(28-14-18)37-19-7-4-16(5-8-19)22-29-20(15-36-22)17-3-1-11-27-13-17/h1,3-9,11,13-15H,2,10,12H2,(H2,30,31,33,34,35). The van der Waals surface area contributed by atoms with E-state index in [4.69, 9.17) is 9.15 Å². The molecule has 3 aromatic heterocycles. The number of anilines is 1. The van der Waals surface area contributed by atoms with Gasteiger partial charge in [-0.1, -0.05) is 0 Å². The number of ether oxygens (including phenoxy) is 1. The van der Waals surface area contributed by atoms with Gasteiger partial charge < -0.3 is 14.1 Å². The predicted molar refractivity (Wildman–Crippen MR) is 130 cm³/mol. The maximum atomic E-state index is 12.6. The molecule has 37 heavy (non-hydrogen) atoms. The molecule has 0 bridgehead atoms. The van der Waals surface area contributed by atoms with Crippen LogP contribution in [0.15, 0.2) is 77.8 Å². The molecular weight excluding hydrogens is 476 g/mol. The Kier molecular flexibility index (Phi) is 5.37. The van der Waals surface area contributed by atoms with Crippen LogP contribution in [0.25, 0.3) is 22.7 Å². The number of carbonyl (C=O) groups excluding carboxylic acids is 3. The van der Waals surface area contributed by atoms with Crippen LogP contribution in [0.5, 0.6) is 11.6 Å². The number of nitrogens with zero attached hydrogens (tertiary/aromatic N) is 4. The summed E-state index contributed by atoms with van der Waals surface area (Å²) >= 11 is 0. The van der Waals surface area contributed by atoms with E-state index in [-0.39, 0.29) is 0 Å². The van der Waals surface area contributed by atoms with Crippen molar-refractivity contribution in [1.82, 2.24) is 25.6 Å². The quantitative estimate of drug-likeness (QED) is 0.398. The molecule has 11 heteroatoms. The summed E-state index contributed by atoms with van der Waals surface area (Å²) < 4.78 is 11.5. The lowest BCUT2D eigenvalue weighted by atomic mass is 9.92. The van der Waals surface area contributed by atoms with Crippen LogP contribution in [-0.2, 0) is 9.59 Å². The third kappa shape index (κ3) is 3.96. The number of pyridine rings is 2. The Bertz CT molecular complexity index is 1460. The fraction of sp³-hybridized carbons (Fsp3) is 0.154. The second-order valence-corrected chi connectivity index (χ2v) is 8.61. The second-order valence-electron chi connectivity index (χ2n) is 8.61. The van der Waals surface area contributed by atoms with Gasteiger partial charge in [-0.3, -0.25) is 25.2 Å². The van der Waals surface area contributed by atoms with Gasteiger partial charge >= 0.3 is 6.03 Å². The van der Waals surface area contributed by atoms with Crippen LogP contribution in [0.1, 0.15) is 12.8 Å². The number of hydrogen-bond donors (Lipinski definition) is 2. The summed E-state index contributed by atoms with van der Waals surface area (Å²) in [6.07, 6.45) is 7.47. The molecule has 2 N–H and O–H groups in total. The van der Waals surface area contributed by atoms with Gasteiger partial charge in [0, 0.05) is 36.1 Å². The highest BCUT2D eigenvalue weighted by Crippen LogP contribution is 2.36. The first-order valence-corrected chi connectivity index (χ1v) is 11.6. The lowest BCUT2D eigenvalue weighted by Crippen LogP contribution is -2.71. The number of hydrogen-bond acceptors (Lipinski definition) is 9. The molecule has 0 atom stereocenters. The Labute approximate surface area is 210 Å². The Balaban J connectivity index is 1.16. The third-order valence-electron chi connectivity index (χ3n) is 6.40. The number of barbiturate groups is 1. The van der Waals surface area contributed by atoms with E-state index in [1.54, 1.807) is 54.0 Å². The van der Waals surface area contributed by atoms with Gasteiger partial charge in [-0.25, -0.2) is 14.8 Å². The number of imide groups is 2. The molecule has 0 saturated carbocycles. The molecule has 4 amide bonds. The zero-order valence-electron chi connectivity index (χ0n) is 19.4. The molecular formula is C26H20N6O5. The van der Waals surface area contributed by atoms with Crippen LogP contribution in [0.3, 0.4) is 0 Å². The number of aromatic nitrogens is 3. The fourth-order valence-corrected chi connectivity index (χ4v) is 4.62. The van der Waals surface area contributed by atoms with Crippen molar-refractivity contribution in [3.05, 3.63) is 73.4 Å². The number of nitrogens with one attached hydrogen (secondary N) is 2. The molecule has 11 nitrogen and oxygen atoms in total. The Hall–Kier alpha value is -5.06. The number of oxazole rings is 1. The largest absolute Gasteiger partial charge is 0.444 e. The Morgan fingerprint density at radius 3 is 2.46 bits per heavy atom. The van der Waals surface area contributed by atoms with Crippen LogP contribution in [-0.4, -0.2) is 44.9 Å². The van der Waals surface area contributed by atoms with Gasteiger partial charge in [0.1, 0.15) is 17.7 Å². The van der Waals surface area contributed by atoms with E-state index in [0.717, 1.165) is 11.1 Å². The molecule has 0 unspecified atom stereocenters. The topological polar surface area (TPSA) is 140 Å². The van der Waals surface area contributed by atoms with Crippen LogP contribution < -0.4 is 20.3 Å². The molecule has 0 aliphatic carbocycles. The summed E-state index contributed by atoms with van der Waals surface area (Å²) in [5.74, 6) is 0.123. The van der Waals surface area contributed by atoms with Gasteiger partial charge in [-0.2, -0.15) is 0 Å². The summed E-state index contributed by atoms with van der Waals surface area (Å²) in [6, 6.07) is 13.6. The fourth-order valence-electron chi connectivity index (χ4n) is 4.62. The average molecular weight is 496 g/mol. The first kappa shape index (κ1) is 22.4. The lowest BCUT2D eigenvalue weighted by molar-refractivity contribution is -0.137. The second kappa shape index (κ2) is 8.86. The minimum Gasteiger partial charge on any atom is -0.444 e. The predicted octanol–water partition coefficient (Wildman–Crippen LogP) is 3.30. The summed E-state index contributed by atoms with van der Waals surface area (Å²) in [7, 11) is 0. The van der Waals surface area contributed by atoms with E-state index in [9.17, 15) is 14.4 Å². The maximum absolute atomic E-state index is 12.6. The van der Waals surface area contributed by atoms with Gasteiger partial charge in [0.25, 0.3) is 11.8 Å².